The highest BCUT2D eigenvalue weighted by Crippen LogP contribution is 2.27. The van der Waals surface area contributed by atoms with Crippen LogP contribution in [0, 0.1) is 11.7 Å². The molecule has 1 aliphatic rings. The molecule has 94 valence electrons. The molecule has 0 aliphatic heterocycles. The molecule has 1 heterocycles. The third kappa shape index (κ3) is 2.84. The zero-order valence-electron chi connectivity index (χ0n) is 9.53. The largest absolute Gasteiger partial charge is 0.391 e. The molecule has 1 aliphatic carbocycles. The summed E-state index contributed by atoms with van der Waals surface area (Å²) in [5.74, 6) is -0.287. The molecule has 0 radical (unpaired) electrons. The first-order chi connectivity index (χ1) is 8.08. The van der Waals surface area contributed by atoms with E-state index in [0.717, 1.165) is 25.5 Å². The van der Waals surface area contributed by atoms with E-state index >= 15 is 0 Å². The van der Waals surface area contributed by atoms with Crippen LogP contribution in [0.15, 0.2) is 6.20 Å². The Bertz CT molecular complexity index is 404. The Balaban J connectivity index is 2.11. The zero-order chi connectivity index (χ0) is 12.4. The number of aromatic nitrogens is 2. The predicted molar refractivity (Wildman–Crippen MR) is 63.4 cm³/mol. The summed E-state index contributed by atoms with van der Waals surface area (Å²) in [4.78, 5) is 7.33. The van der Waals surface area contributed by atoms with Crippen LogP contribution in [-0.4, -0.2) is 27.2 Å². The van der Waals surface area contributed by atoms with Gasteiger partial charge in [0.15, 0.2) is 11.6 Å². The van der Waals surface area contributed by atoms with Gasteiger partial charge in [0.1, 0.15) is 0 Å². The fraction of sp³-hybridized carbons (Fsp3) is 0.636. The monoisotopic (exact) mass is 259 g/mol. The highest BCUT2D eigenvalue weighted by molar-refractivity contribution is 6.28. The number of aliphatic hydroxyl groups excluding tert-OH is 1. The summed E-state index contributed by atoms with van der Waals surface area (Å²) in [7, 11) is 0. The summed E-state index contributed by atoms with van der Waals surface area (Å²) < 4.78 is 13.4. The normalized spacial score (nSPS) is 29.1. The van der Waals surface area contributed by atoms with Crippen molar-refractivity contribution in [2.45, 2.75) is 38.3 Å². The van der Waals surface area contributed by atoms with Gasteiger partial charge in [-0.15, -0.1) is 0 Å². The number of aliphatic hydroxyl groups is 1. The Kier molecular flexibility index (Phi) is 3.79. The number of hydrogen-bond donors (Lipinski definition) is 2. The van der Waals surface area contributed by atoms with Crippen molar-refractivity contribution in [1.82, 2.24) is 9.97 Å². The third-order valence-electron chi connectivity index (χ3n) is 3.21. The maximum absolute atomic E-state index is 13.4. The van der Waals surface area contributed by atoms with Crippen LogP contribution in [0.2, 0.25) is 5.28 Å². The molecule has 3 atom stereocenters. The van der Waals surface area contributed by atoms with Gasteiger partial charge in [-0.1, -0.05) is 13.3 Å². The maximum atomic E-state index is 13.4. The summed E-state index contributed by atoms with van der Waals surface area (Å²) in [5, 5.41) is 12.9. The van der Waals surface area contributed by atoms with E-state index in [2.05, 4.69) is 15.3 Å². The van der Waals surface area contributed by atoms with Crippen LogP contribution in [-0.2, 0) is 0 Å². The molecule has 0 amide bonds. The molecule has 0 saturated heterocycles. The van der Waals surface area contributed by atoms with Gasteiger partial charge in [0, 0.05) is 0 Å². The summed E-state index contributed by atoms with van der Waals surface area (Å²) in [6, 6.07) is -0.181. The molecule has 2 N–H and O–H groups in total. The van der Waals surface area contributed by atoms with E-state index in [4.69, 9.17) is 11.6 Å². The number of halogens is 2. The lowest BCUT2D eigenvalue weighted by molar-refractivity contribution is 0.0669. The molecule has 3 unspecified atom stereocenters. The summed E-state index contributed by atoms with van der Waals surface area (Å²) in [5.41, 5.74) is 0. The van der Waals surface area contributed by atoms with Gasteiger partial charge in [-0.2, -0.15) is 4.98 Å². The predicted octanol–water partition coefficient (Wildman–Crippen LogP) is 2.23. The first-order valence-corrected chi connectivity index (χ1v) is 6.08. The topological polar surface area (TPSA) is 58.0 Å². The zero-order valence-corrected chi connectivity index (χ0v) is 10.3. The summed E-state index contributed by atoms with van der Waals surface area (Å²) >= 11 is 5.61. The fourth-order valence-electron chi connectivity index (χ4n) is 2.18. The highest BCUT2D eigenvalue weighted by atomic mass is 35.5. The molecule has 0 aromatic carbocycles. The van der Waals surface area contributed by atoms with Crippen molar-refractivity contribution in [3.8, 4) is 0 Å². The van der Waals surface area contributed by atoms with Gasteiger partial charge in [0.25, 0.3) is 0 Å². The van der Waals surface area contributed by atoms with Crippen molar-refractivity contribution < 1.29 is 9.50 Å². The number of anilines is 1. The molecule has 6 heteroatoms. The molecule has 4 nitrogen and oxygen atoms in total. The van der Waals surface area contributed by atoms with E-state index < -0.39 is 11.9 Å². The van der Waals surface area contributed by atoms with Gasteiger partial charge in [-0.05, 0) is 30.4 Å². The molecule has 0 spiro atoms. The van der Waals surface area contributed by atoms with Crippen molar-refractivity contribution >= 4 is 17.4 Å². The molecule has 1 fully saturated rings. The van der Waals surface area contributed by atoms with Gasteiger partial charge in [0.05, 0.1) is 18.3 Å². The molecule has 2 rings (SSSR count). The lowest BCUT2D eigenvalue weighted by atomic mass is 9.84. The van der Waals surface area contributed by atoms with Crippen molar-refractivity contribution in [2.24, 2.45) is 5.92 Å². The second kappa shape index (κ2) is 5.14. The van der Waals surface area contributed by atoms with E-state index in [1.807, 2.05) is 6.92 Å². The van der Waals surface area contributed by atoms with Gasteiger partial charge in [-0.3, -0.25) is 0 Å². The van der Waals surface area contributed by atoms with Crippen LogP contribution >= 0.6 is 11.6 Å². The van der Waals surface area contributed by atoms with Crippen LogP contribution in [0.1, 0.15) is 26.2 Å². The Morgan fingerprint density at radius 3 is 3.06 bits per heavy atom. The number of nitrogens with one attached hydrogen (secondary N) is 1. The Morgan fingerprint density at radius 2 is 2.29 bits per heavy atom. The van der Waals surface area contributed by atoms with Crippen LogP contribution in [0.4, 0.5) is 10.2 Å². The average molecular weight is 260 g/mol. The number of hydrogen-bond acceptors (Lipinski definition) is 4. The standard InChI is InChI=1S/C11H15ClFN3O/c1-6-3-2-4-8(9(6)17)15-10-7(13)5-14-11(12)16-10/h5-6,8-9,17H,2-4H2,1H3,(H,14,15,16). The quantitative estimate of drug-likeness (QED) is 0.800. The maximum Gasteiger partial charge on any atom is 0.224 e. The van der Waals surface area contributed by atoms with Crippen LogP contribution < -0.4 is 5.32 Å². The lowest BCUT2D eigenvalue weighted by Gasteiger charge is -2.33. The summed E-state index contributed by atoms with van der Waals surface area (Å²) in [6.45, 7) is 1.99. The SMILES string of the molecule is CC1CCCC(Nc2nc(Cl)ncc2F)C1O. The van der Waals surface area contributed by atoms with Crippen LogP contribution in [0.5, 0.6) is 0 Å². The summed E-state index contributed by atoms with van der Waals surface area (Å²) in [6.07, 6.45) is 3.34. The van der Waals surface area contributed by atoms with Crippen molar-refractivity contribution in [1.29, 1.82) is 0 Å². The van der Waals surface area contributed by atoms with E-state index in [0.29, 0.717) is 0 Å². The van der Waals surface area contributed by atoms with Gasteiger partial charge in [0.2, 0.25) is 5.28 Å². The van der Waals surface area contributed by atoms with E-state index in [-0.39, 0.29) is 23.1 Å². The first-order valence-electron chi connectivity index (χ1n) is 5.70. The number of rotatable bonds is 2. The van der Waals surface area contributed by atoms with Gasteiger partial charge < -0.3 is 10.4 Å². The van der Waals surface area contributed by atoms with Crippen LogP contribution in [0.25, 0.3) is 0 Å². The van der Waals surface area contributed by atoms with E-state index in [1.165, 1.54) is 0 Å². The molecule has 1 saturated carbocycles. The Labute approximate surface area is 104 Å². The first kappa shape index (κ1) is 12.5. The average Bonchev–Trinajstić information content (AvgIpc) is 2.30. The van der Waals surface area contributed by atoms with Crippen molar-refractivity contribution in [2.75, 3.05) is 5.32 Å². The minimum Gasteiger partial charge on any atom is -0.391 e. The van der Waals surface area contributed by atoms with E-state index in [9.17, 15) is 9.50 Å². The molecule has 17 heavy (non-hydrogen) atoms. The number of nitrogens with zero attached hydrogens (tertiary/aromatic N) is 2. The third-order valence-corrected chi connectivity index (χ3v) is 3.39. The molecule has 1 aromatic heterocycles. The van der Waals surface area contributed by atoms with Crippen molar-refractivity contribution in [3.63, 3.8) is 0 Å². The van der Waals surface area contributed by atoms with Crippen molar-refractivity contribution in [3.05, 3.63) is 17.3 Å². The smallest absolute Gasteiger partial charge is 0.224 e. The molecular formula is C11H15ClFN3O. The van der Waals surface area contributed by atoms with Gasteiger partial charge in [-0.25, -0.2) is 9.37 Å². The fourth-order valence-corrected chi connectivity index (χ4v) is 2.31. The van der Waals surface area contributed by atoms with Gasteiger partial charge >= 0.3 is 0 Å². The minimum atomic E-state index is -0.556. The molecule has 1 aromatic rings. The lowest BCUT2D eigenvalue weighted by Crippen LogP contribution is -2.41. The van der Waals surface area contributed by atoms with Crippen LogP contribution in [0.3, 0.4) is 0 Å². The Morgan fingerprint density at radius 1 is 1.53 bits per heavy atom. The van der Waals surface area contributed by atoms with E-state index in [1.54, 1.807) is 0 Å². The minimum absolute atomic E-state index is 0.00718. The molecular weight excluding hydrogens is 245 g/mol. The highest BCUT2D eigenvalue weighted by Gasteiger charge is 2.29. The Hall–Kier alpha value is -0.940. The molecule has 0 bridgehead atoms. The second-order valence-electron chi connectivity index (χ2n) is 4.49. The second-order valence-corrected chi connectivity index (χ2v) is 4.82.